The number of fused-ring (bicyclic) bond motifs is 2. The first kappa shape index (κ1) is 17.5. The highest BCUT2D eigenvalue weighted by atomic mass is 35.5. The summed E-state index contributed by atoms with van der Waals surface area (Å²) in [6.45, 7) is 0. The van der Waals surface area contributed by atoms with Crippen molar-refractivity contribution in [2.75, 3.05) is 9.80 Å². The van der Waals surface area contributed by atoms with Crippen LogP contribution in [0.2, 0.25) is 5.02 Å². The maximum absolute atomic E-state index is 13.7. The van der Waals surface area contributed by atoms with E-state index >= 15 is 0 Å². The third-order valence-electron chi connectivity index (χ3n) is 5.04. The predicted molar refractivity (Wildman–Crippen MR) is 107 cm³/mol. The number of esters is 1. The average molecular weight is 405 g/mol. The molecular weight excluding hydrogens is 392 g/mol. The Morgan fingerprint density at radius 3 is 2.14 bits per heavy atom. The Balaban J connectivity index is 1.76. The summed E-state index contributed by atoms with van der Waals surface area (Å²) < 4.78 is 5.65. The molecule has 0 bridgehead atoms. The highest BCUT2D eigenvalue weighted by Crippen LogP contribution is 2.48. The molecule has 1 saturated heterocycles. The SMILES string of the molecule is O=C1OC2(C(=O)N(c3ccc(Cl)cc3)C(=O)N2c2ccccc2)c2ccccc21. The number of halogens is 1. The number of hydrogen-bond acceptors (Lipinski definition) is 4. The van der Waals surface area contributed by atoms with Crippen molar-refractivity contribution >= 4 is 40.9 Å². The number of nitrogens with zero attached hydrogens (tertiary/aromatic N) is 2. The summed E-state index contributed by atoms with van der Waals surface area (Å²) in [6, 6.07) is 21.0. The van der Waals surface area contributed by atoms with Gasteiger partial charge in [0.15, 0.2) is 0 Å². The molecule has 3 amide bonds. The standard InChI is InChI=1S/C22H13ClN2O4/c23-14-10-12-15(13-11-14)24-20(27)22(18-9-5-4-8-17(18)19(26)29-22)25(21(24)28)16-6-2-1-3-7-16/h1-13H. The first-order valence-corrected chi connectivity index (χ1v) is 9.24. The molecule has 142 valence electrons. The third-order valence-corrected chi connectivity index (χ3v) is 5.29. The summed E-state index contributed by atoms with van der Waals surface area (Å²) in [5.41, 5.74) is -0.531. The van der Waals surface area contributed by atoms with Gasteiger partial charge in [-0.15, -0.1) is 0 Å². The van der Waals surface area contributed by atoms with Crippen LogP contribution in [0.5, 0.6) is 0 Å². The Morgan fingerprint density at radius 2 is 1.41 bits per heavy atom. The number of amides is 3. The molecule has 2 heterocycles. The summed E-state index contributed by atoms with van der Waals surface area (Å²) in [4.78, 5) is 42.0. The largest absolute Gasteiger partial charge is 0.420 e. The van der Waals surface area contributed by atoms with Gasteiger partial charge in [0.1, 0.15) is 0 Å². The van der Waals surface area contributed by atoms with Crippen molar-refractivity contribution in [1.82, 2.24) is 0 Å². The molecule has 1 atom stereocenters. The molecule has 3 aromatic rings. The maximum Gasteiger partial charge on any atom is 0.341 e. The number of rotatable bonds is 2. The molecule has 0 radical (unpaired) electrons. The van der Waals surface area contributed by atoms with Crippen LogP contribution in [0.25, 0.3) is 0 Å². The van der Waals surface area contributed by atoms with E-state index < -0.39 is 23.6 Å². The lowest BCUT2D eigenvalue weighted by molar-refractivity contribution is -0.133. The molecule has 5 rings (SSSR count). The Labute approximate surface area is 170 Å². The summed E-state index contributed by atoms with van der Waals surface area (Å²) in [5.74, 6) is -1.31. The minimum absolute atomic E-state index is 0.257. The number of hydrogen-bond donors (Lipinski definition) is 0. The van der Waals surface area contributed by atoms with Gasteiger partial charge >= 0.3 is 23.6 Å². The van der Waals surface area contributed by atoms with Crippen LogP contribution in [0.15, 0.2) is 78.9 Å². The van der Waals surface area contributed by atoms with Crippen LogP contribution < -0.4 is 9.80 Å². The normalized spacial score (nSPS) is 20.4. The second kappa shape index (κ2) is 6.18. The lowest BCUT2D eigenvalue weighted by Gasteiger charge is -2.30. The lowest BCUT2D eigenvalue weighted by Crippen LogP contribution is -2.47. The lowest BCUT2D eigenvalue weighted by atomic mass is 9.98. The topological polar surface area (TPSA) is 66.9 Å². The monoisotopic (exact) mass is 404 g/mol. The van der Waals surface area contributed by atoms with E-state index in [1.54, 1.807) is 78.9 Å². The molecule has 2 aliphatic heterocycles. The van der Waals surface area contributed by atoms with Gasteiger partial charge in [0.2, 0.25) is 0 Å². The van der Waals surface area contributed by atoms with Crippen LogP contribution in [0.1, 0.15) is 15.9 Å². The smallest absolute Gasteiger partial charge is 0.341 e. The average Bonchev–Trinajstić information content (AvgIpc) is 3.15. The van der Waals surface area contributed by atoms with Crippen LogP contribution in [0, 0.1) is 0 Å². The maximum atomic E-state index is 13.7. The Hall–Kier alpha value is -3.64. The minimum atomic E-state index is -1.90. The van der Waals surface area contributed by atoms with Gasteiger partial charge < -0.3 is 4.74 Å². The van der Waals surface area contributed by atoms with Crippen LogP contribution >= 0.6 is 11.6 Å². The van der Waals surface area contributed by atoms with E-state index in [0.717, 1.165) is 4.90 Å². The highest BCUT2D eigenvalue weighted by Gasteiger charge is 2.66. The van der Waals surface area contributed by atoms with Crippen molar-refractivity contribution in [3.05, 3.63) is 95.0 Å². The summed E-state index contributed by atoms with van der Waals surface area (Å²) >= 11 is 5.95. The molecule has 29 heavy (non-hydrogen) atoms. The molecule has 1 unspecified atom stereocenters. The number of carbonyl (C=O) groups is 3. The quantitative estimate of drug-likeness (QED) is 0.471. The van der Waals surface area contributed by atoms with Gasteiger partial charge in [-0.1, -0.05) is 48.0 Å². The molecule has 0 aliphatic carbocycles. The third kappa shape index (κ3) is 2.33. The number of imide groups is 1. The van der Waals surface area contributed by atoms with Crippen molar-refractivity contribution in [1.29, 1.82) is 0 Å². The molecule has 1 spiro atoms. The molecule has 3 aromatic carbocycles. The predicted octanol–water partition coefficient (Wildman–Crippen LogP) is 4.34. The number of para-hydroxylation sites is 1. The van der Waals surface area contributed by atoms with E-state index in [4.69, 9.17) is 16.3 Å². The zero-order valence-electron chi connectivity index (χ0n) is 14.9. The van der Waals surface area contributed by atoms with E-state index in [2.05, 4.69) is 0 Å². The van der Waals surface area contributed by atoms with Gasteiger partial charge in [-0.2, -0.15) is 0 Å². The fraction of sp³-hybridized carbons (Fsp3) is 0.0455. The first-order valence-electron chi connectivity index (χ1n) is 8.86. The summed E-state index contributed by atoms with van der Waals surface area (Å²) in [6.07, 6.45) is 0. The molecule has 0 aromatic heterocycles. The van der Waals surface area contributed by atoms with Gasteiger partial charge in [0, 0.05) is 10.6 Å². The van der Waals surface area contributed by atoms with Crippen molar-refractivity contribution in [2.45, 2.75) is 5.72 Å². The van der Waals surface area contributed by atoms with E-state index in [-0.39, 0.29) is 5.56 Å². The van der Waals surface area contributed by atoms with Gasteiger partial charge in [-0.3, -0.25) is 4.79 Å². The fourth-order valence-electron chi connectivity index (χ4n) is 3.78. The van der Waals surface area contributed by atoms with Crippen molar-refractivity contribution in [2.24, 2.45) is 0 Å². The first-order chi connectivity index (χ1) is 14.0. The minimum Gasteiger partial charge on any atom is -0.420 e. The Kier molecular flexibility index (Phi) is 3.72. The summed E-state index contributed by atoms with van der Waals surface area (Å²) in [7, 11) is 0. The van der Waals surface area contributed by atoms with Gasteiger partial charge in [0.25, 0.3) is 0 Å². The van der Waals surface area contributed by atoms with Crippen molar-refractivity contribution in [3.8, 4) is 0 Å². The number of ether oxygens (including phenoxy) is 1. The molecule has 7 heteroatoms. The van der Waals surface area contributed by atoms with Gasteiger partial charge in [-0.25, -0.2) is 19.4 Å². The summed E-state index contributed by atoms with van der Waals surface area (Å²) in [5, 5.41) is 0.472. The number of urea groups is 1. The molecule has 0 saturated carbocycles. The van der Waals surface area contributed by atoms with Crippen molar-refractivity contribution in [3.63, 3.8) is 0 Å². The zero-order valence-corrected chi connectivity index (χ0v) is 15.7. The van der Waals surface area contributed by atoms with Gasteiger partial charge in [-0.05, 0) is 42.5 Å². The zero-order chi connectivity index (χ0) is 20.2. The van der Waals surface area contributed by atoms with Crippen LogP contribution in [-0.2, 0) is 15.3 Å². The highest BCUT2D eigenvalue weighted by molar-refractivity contribution is 6.32. The van der Waals surface area contributed by atoms with E-state index in [0.29, 0.717) is 22.0 Å². The number of anilines is 2. The van der Waals surface area contributed by atoms with Crippen molar-refractivity contribution < 1.29 is 19.1 Å². The molecule has 2 aliphatic rings. The van der Waals surface area contributed by atoms with E-state index in [1.807, 2.05) is 0 Å². The molecule has 1 fully saturated rings. The van der Waals surface area contributed by atoms with Crippen LogP contribution in [0.3, 0.4) is 0 Å². The second-order valence-corrected chi connectivity index (χ2v) is 7.09. The van der Waals surface area contributed by atoms with Gasteiger partial charge in [0.05, 0.1) is 16.9 Å². The molecular formula is C22H13ClN2O4. The Morgan fingerprint density at radius 1 is 0.759 bits per heavy atom. The van der Waals surface area contributed by atoms with E-state index in [1.165, 1.54) is 4.90 Å². The number of benzene rings is 3. The fourth-order valence-corrected chi connectivity index (χ4v) is 3.91. The molecule has 0 N–H and O–H groups in total. The second-order valence-electron chi connectivity index (χ2n) is 6.65. The number of carbonyl (C=O) groups excluding carboxylic acids is 3. The van der Waals surface area contributed by atoms with Crippen LogP contribution in [0.4, 0.5) is 16.2 Å². The van der Waals surface area contributed by atoms with Crippen LogP contribution in [-0.4, -0.2) is 17.9 Å². The molecule has 6 nitrogen and oxygen atoms in total. The van der Waals surface area contributed by atoms with E-state index in [9.17, 15) is 14.4 Å². The Bertz CT molecular complexity index is 1160.